The second kappa shape index (κ2) is 5.84. The van der Waals surface area contributed by atoms with Crippen LogP contribution in [0.2, 0.25) is 0 Å². The number of hydrogen-bond acceptors (Lipinski definition) is 4. The minimum Gasteiger partial charge on any atom is -0.487 e. The van der Waals surface area contributed by atoms with Crippen molar-refractivity contribution >= 4 is 9.84 Å². The molecule has 2 atom stereocenters. The molecule has 0 aromatic heterocycles. The van der Waals surface area contributed by atoms with Crippen molar-refractivity contribution in [3.8, 4) is 5.75 Å². The largest absolute Gasteiger partial charge is 0.502 e. The Bertz CT molecular complexity index is 601. The van der Waals surface area contributed by atoms with Crippen LogP contribution in [0.4, 0.5) is 13.2 Å². The maximum absolute atomic E-state index is 12.7. The predicted molar refractivity (Wildman–Crippen MR) is 70.5 cm³/mol. The fraction of sp³-hybridized carbons (Fsp3) is 0.538. The number of ether oxygens (including phenoxy) is 1. The third-order valence-corrected chi connectivity index (χ3v) is 5.00. The van der Waals surface area contributed by atoms with E-state index in [0.29, 0.717) is 12.8 Å². The standard InChI is InChI=1S/C13H16F3NO3S/c14-13(15,16)21(18,19)12-8-4-3-7-11(12)20-10-6-2-1-5-9(10)17/h3-4,7-10H,1-2,5-6,17H2. The zero-order valence-electron chi connectivity index (χ0n) is 11.1. The minimum atomic E-state index is -5.44. The third-order valence-electron chi connectivity index (χ3n) is 3.48. The van der Waals surface area contributed by atoms with Crippen molar-refractivity contribution in [2.24, 2.45) is 5.73 Å². The van der Waals surface area contributed by atoms with Gasteiger partial charge in [-0.3, -0.25) is 0 Å². The van der Waals surface area contributed by atoms with Gasteiger partial charge in [0.05, 0.1) is 0 Å². The van der Waals surface area contributed by atoms with Gasteiger partial charge >= 0.3 is 5.51 Å². The molecule has 1 aliphatic carbocycles. The Balaban J connectivity index is 2.34. The average molecular weight is 323 g/mol. The second-order valence-electron chi connectivity index (χ2n) is 5.00. The maximum Gasteiger partial charge on any atom is 0.502 e. The van der Waals surface area contributed by atoms with E-state index in [9.17, 15) is 21.6 Å². The van der Waals surface area contributed by atoms with Gasteiger partial charge < -0.3 is 10.5 Å². The summed E-state index contributed by atoms with van der Waals surface area (Å²) in [7, 11) is -5.44. The first-order chi connectivity index (χ1) is 9.73. The lowest BCUT2D eigenvalue weighted by Crippen LogP contribution is -2.41. The Morgan fingerprint density at radius 2 is 1.76 bits per heavy atom. The molecule has 0 radical (unpaired) electrons. The van der Waals surface area contributed by atoms with Crippen LogP contribution in [0.5, 0.6) is 5.75 Å². The topological polar surface area (TPSA) is 69.4 Å². The highest BCUT2D eigenvalue weighted by Gasteiger charge is 2.48. The van der Waals surface area contributed by atoms with E-state index >= 15 is 0 Å². The van der Waals surface area contributed by atoms with E-state index in [-0.39, 0.29) is 11.8 Å². The fourth-order valence-corrected chi connectivity index (χ4v) is 3.22. The van der Waals surface area contributed by atoms with Crippen LogP contribution < -0.4 is 10.5 Å². The Morgan fingerprint density at radius 3 is 2.38 bits per heavy atom. The molecule has 0 bridgehead atoms. The number of nitrogens with two attached hydrogens (primary N) is 1. The summed E-state index contributed by atoms with van der Waals surface area (Å²) in [6.07, 6.45) is 2.62. The third kappa shape index (κ3) is 3.32. The molecular formula is C13H16F3NO3S. The van der Waals surface area contributed by atoms with Crippen molar-refractivity contribution in [3.05, 3.63) is 24.3 Å². The van der Waals surface area contributed by atoms with E-state index in [4.69, 9.17) is 10.5 Å². The first-order valence-corrected chi connectivity index (χ1v) is 8.04. The lowest BCUT2D eigenvalue weighted by atomic mass is 9.93. The summed E-state index contributed by atoms with van der Waals surface area (Å²) in [5.74, 6) is -0.294. The van der Waals surface area contributed by atoms with Crippen LogP contribution in [0.25, 0.3) is 0 Å². The highest BCUT2D eigenvalue weighted by atomic mass is 32.2. The van der Waals surface area contributed by atoms with E-state index in [2.05, 4.69) is 0 Å². The molecule has 0 saturated heterocycles. The number of sulfone groups is 1. The van der Waals surface area contributed by atoms with Crippen LogP contribution in [0.1, 0.15) is 25.7 Å². The van der Waals surface area contributed by atoms with Crippen molar-refractivity contribution in [3.63, 3.8) is 0 Å². The second-order valence-corrected chi connectivity index (χ2v) is 6.91. The molecule has 0 amide bonds. The fourth-order valence-electron chi connectivity index (χ4n) is 2.33. The molecule has 0 aliphatic heterocycles. The van der Waals surface area contributed by atoms with Crippen molar-refractivity contribution in [2.45, 2.75) is 48.2 Å². The SMILES string of the molecule is NC1CCCCC1Oc1ccccc1S(=O)(=O)C(F)(F)F. The van der Waals surface area contributed by atoms with E-state index < -0.39 is 26.3 Å². The number of para-hydroxylation sites is 1. The molecule has 1 aromatic rings. The maximum atomic E-state index is 12.7. The molecule has 8 heteroatoms. The smallest absolute Gasteiger partial charge is 0.487 e. The molecule has 1 saturated carbocycles. The molecule has 21 heavy (non-hydrogen) atoms. The zero-order chi connectivity index (χ0) is 15.7. The lowest BCUT2D eigenvalue weighted by Gasteiger charge is -2.29. The predicted octanol–water partition coefficient (Wildman–Crippen LogP) is 2.63. The monoisotopic (exact) mass is 323 g/mol. The summed E-state index contributed by atoms with van der Waals surface area (Å²) in [6.45, 7) is 0. The van der Waals surface area contributed by atoms with Gasteiger partial charge in [-0.25, -0.2) is 8.42 Å². The van der Waals surface area contributed by atoms with Crippen molar-refractivity contribution in [1.82, 2.24) is 0 Å². The van der Waals surface area contributed by atoms with Crippen LogP contribution in [0.15, 0.2) is 29.2 Å². The zero-order valence-corrected chi connectivity index (χ0v) is 12.0. The van der Waals surface area contributed by atoms with Crippen LogP contribution in [-0.4, -0.2) is 26.1 Å². The van der Waals surface area contributed by atoms with Crippen molar-refractivity contribution in [1.29, 1.82) is 0 Å². The minimum absolute atomic E-state index is 0.294. The summed E-state index contributed by atoms with van der Waals surface area (Å²) >= 11 is 0. The van der Waals surface area contributed by atoms with Crippen LogP contribution in [0.3, 0.4) is 0 Å². The number of rotatable bonds is 3. The Hall–Kier alpha value is -1.28. The van der Waals surface area contributed by atoms with Gasteiger partial charge in [-0.05, 0) is 31.4 Å². The molecule has 2 rings (SSSR count). The molecule has 2 N–H and O–H groups in total. The molecule has 2 unspecified atom stereocenters. The van der Waals surface area contributed by atoms with E-state index in [1.54, 1.807) is 0 Å². The van der Waals surface area contributed by atoms with Gasteiger partial charge in [0, 0.05) is 6.04 Å². The van der Waals surface area contributed by atoms with Gasteiger partial charge in [-0.15, -0.1) is 0 Å². The summed E-state index contributed by atoms with van der Waals surface area (Å²) in [5, 5.41) is 0. The molecular weight excluding hydrogens is 307 g/mol. The normalized spacial score (nSPS) is 23.8. The molecule has 4 nitrogen and oxygen atoms in total. The highest BCUT2D eigenvalue weighted by molar-refractivity contribution is 7.92. The lowest BCUT2D eigenvalue weighted by molar-refractivity contribution is -0.0438. The molecule has 1 aliphatic rings. The van der Waals surface area contributed by atoms with Crippen molar-refractivity contribution < 1.29 is 26.3 Å². The summed E-state index contributed by atoms with van der Waals surface area (Å²) in [5.41, 5.74) is 0.515. The first-order valence-electron chi connectivity index (χ1n) is 6.56. The quantitative estimate of drug-likeness (QED) is 0.928. The van der Waals surface area contributed by atoms with Crippen LogP contribution in [0, 0.1) is 0 Å². The molecule has 1 fully saturated rings. The number of halogens is 3. The summed E-state index contributed by atoms with van der Waals surface area (Å²) in [6, 6.07) is 4.47. The van der Waals surface area contributed by atoms with Gasteiger partial charge in [0.1, 0.15) is 16.7 Å². The Morgan fingerprint density at radius 1 is 1.14 bits per heavy atom. The van der Waals surface area contributed by atoms with Gasteiger partial charge in [0.2, 0.25) is 0 Å². The van der Waals surface area contributed by atoms with Gasteiger partial charge in [0.25, 0.3) is 9.84 Å². The molecule has 0 heterocycles. The van der Waals surface area contributed by atoms with E-state index in [0.717, 1.165) is 18.9 Å². The molecule has 1 aromatic carbocycles. The average Bonchev–Trinajstić information content (AvgIpc) is 2.40. The number of alkyl halides is 3. The van der Waals surface area contributed by atoms with Crippen molar-refractivity contribution in [2.75, 3.05) is 0 Å². The Labute approximate surface area is 121 Å². The van der Waals surface area contributed by atoms with Crippen LogP contribution >= 0.6 is 0 Å². The highest BCUT2D eigenvalue weighted by Crippen LogP contribution is 2.36. The van der Waals surface area contributed by atoms with Gasteiger partial charge in [-0.1, -0.05) is 18.6 Å². The molecule has 0 spiro atoms. The van der Waals surface area contributed by atoms with Crippen LogP contribution in [-0.2, 0) is 9.84 Å². The Kier molecular flexibility index (Phi) is 4.48. The van der Waals surface area contributed by atoms with E-state index in [1.165, 1.54) is 18.2 Å². The van der Waals surface area contributed by atoms with Gasteiger partial charge in [0.15, 0.2) is 0 Å². The number of hydrogen-bond donors (Lipinski definition) is 1. The summed E-state index contributed by atoms with van der Waals surface area (Å²) in [4.78, 5) is -0.865. The number of benzene rings is 1. The van der Waals surface area contributed by atoms with Gasteiger partial charge in [-0.2, -0.15) is 13.2 Å². The summed E-state index contributed by atoms with van der Waals surface area (Å²) < 4.78 is 66.7. The molecule has 118 valence electrons. The van der Waals surface area contributed by atoms with E-state index in [1.807, 2.05) is 0 Å². The first kappa shape index (κ1) is 16.1.